The van der Waals surface area contributed by atoms with Gasteiger partial charge >= 0.3 is 5.97 Å². The van der Waals surface area contributed by atoms with Crippen LogP contribution in [-0.4, -0.2) is 34.1 Å². The zero-order chi connectivity index (χ0) is 23.7. The van der Waals surface area contributed by atoms with E-state index in [2.05, 4.69) is 10.5 Å². The molecule has 0 radical (unpaired) electrons. The molecule has 0 aromatic heterocycles. The molecule has 0 heterocycles. The molecule has 0 bridgehead atoms. The Hall–Kier alpha value is -3.29. The highest BCUT2D eigenvalue weighted by Gasteiger charge is 2.54. The van der Waals surface area contributed by atoms with Crippen molar-refractivity contribution in [2.45, 2.75) is 52.4 Å². The minimum atomic E-state index is -1.86. The van der Waals surface area contributed by atoms with Crippen molar-refractivity contribution in [1.82, 2.24) is 5.43 Å². The predicted molar refractivity (Wildman–Crippen MR) is 117 cm³/mol. The van der Waals surface area contributed by atoms with Gasteiger partial charge in [-0.25, -0.2) is 9.82 Å². The van der Waals surface area contributed by atoms with Crippen LogP contribution in [0.15, 0.2) is 52.3 Å². The lowest BCUT2D eigenvalue weighted by Crippen LogP contribution is -2.50. The van der Waals surface area contributed by atoms with E-state index in [1.807, 2.05) is 20.8 Å². The zero-order valence-electron chi connectivity index (χ0n) is 18.3. The molecule has 32 heavy (non-hydrogen) atoms. The Kier molecular flexibility index (Phi) is 6.34. The van der Waals surface area contributed by atoms with Crippen LogP contribution in [0.2, 0.25) is 0 Å². The third-order valence-corrected chi connectivity index (χ3v) is 6.21. The molecule has 0 spiro atoms. The lowest BCUT2D eigenvalue weighted by atomic mass is 9.64. The molecule has 0 saturated heterocycles. The number of benzene rings is 1. The fraction of sp³-hybridized carbons (Fsp3) is 0.417. The van der Waals surface area contributed by atoms with Crippen molar-refractivity contribution in [2.24, 2.45) is 15.9 Å². The van der Waals surface area contributed by atoms with Crippen molar-refractivity contribution in [3.8, 4) is 0 Å². The predicted octanol–water partition coefficient (Wildman–Crippen LogP) is 4.02. The second kappa shape index (κ2) is 8.68. The SMILES string of the molecule is CC1=CCC(C(=O)O)(C(=O)N/N=C/C2=C(O)CC(C)(C)CC2=O)C(c2ccc(F)cc2)C1. The Labute approximate surface area is 185 Å². The minimum Gasteiger partial charge on any atom is -0.511 e. The van der Waals surface area contributed by atoms with Crippen LogP contribution in [-0.2, 0) is 14.4 Å². The summed E-state index contributed by atoms with van der Waals surface area (Å²) in [4.78, 5) is 37.9. The number of allylic oxidation sites excluding steroid dienone is 4. The first-order chi connectivity index (χ1) is 15.0. The molecule has 0 saturated carbocycles. The summed E-state index contributed by atoms with van der Waals surface area (Å²) in [5.74, 6) is -3.77. The van der Waals surface area contributed by atoms with Crippen LogP contribution in [0.3, 0.4) is 0 Å². The molecule has 1 aromatic carbocycles. The average Bonchev–Trinajstić information content (AvgIpc) is 2.69. The molecule has 8 heteroatoms. The largest absolute Gasteiger partial charge is 0.511 e. The van der Waals surface area contributed by atoms with Gasteiger partial charge < -0.3 is 10.2 Å². The summed E-state index contributed by atoms with van der Waals surface area (Å²) in [5, 5.41) is 24.1. The molecule has 3 N–H and O–H groups in total. The van der Waals surface area contributed by atoms with E-state index in [9.17, 15) is 29.0 Å². The van der Waals surface area contributed by atoms with E-state index in [1.165, 1.54) is 24.3 Å². The van der Waals surface area contributed by atoms with E-state index in [0.717, 1.165) is 11.8 Å². The van der Waals surface area contributed by atoms with Gasteiger partial charge in [-0.05, 0) is 42.9 Å². The van der Waals surface area contributed by atoms with Gasteiger partial charge in [0.05, 0.1) is 11.8 Å². The number of carbonyl (C=O) groups excluding carboxylic acids is 2. The fourth-order valence-electron chi connectivity index (χ4n) is 4.44. The number of carboxylic acids is 1. The number of nitrogens with zero attached hydrogens (tertiary/aromatic N) is 1. The second-order valence-corrected chi connectivity index (χ2v) is 9.34. The van der Waals surface area contributed by atoms with Crippen LogP contribution in [0.25, 0.3) is 0 Å². The van der Waals surface area contributed by atoms with Crippen LogP contribution >= 0.6 is 0 Å². The van der Waals surface area contributed by atoms with Gasteiger partial charge in [-0.1, -0.05) is 37.6 Å². The van der Waals surface area contributed by atoms with Crippen molar-refractivity contribution in [3.63, 3.8) is 0 Å². The molecule has 2 aliphatic rings. The second-order valence-electron chi connectivity index (χ2n) is 9.34. The van der Waals surface area contributed by atoms with Gasteiger partial charge in [0.2, 0.25) is 0 Å². The van der Waals surface area contributed by atoms with Crippen LogP contribution in [0.1, 0.15) is 57.9 Å². The van der Waals surface area contributed by atoms with Gasteiger partial charge in [-0.3, -0.25) is 14.4 Å². The Morgan fingerprint density at radius 3 is 2.47 bits per heavy atom. The number of rotatable bonds is 5. The standard InChI is InChI=1S/C24H27FN2O5/c1-14-8-9-24(22(31)32,18(10-14)15-4-6-16(25)7-5-15)21(30)27-26-13-17-19(28)11-23(2,3)12-20(17)29/h4-8,13,18,28H,9-12H2,1-3H3,(H,27,30)(H,31,32)/b26-13+. The molecular weight excluding hydrogens is 415 g/mol. The summed E-state index contributed by atoms with van der Waals surface area (Å²) < 4.78 is 13.4. The highest BCUT2D eigenvalue weighted by molar-refractivity contribution is 6.14. The number of carboxylic acid groups (broad SMARTS) is 1. The highest BCUT2D eigenvalue weighted by Crippen LogP contribution is 2.47. The Morgan fingerprint density at radius 1 is 1.22 bits per heavy atom. The molecule has 1 aromatic rings. The van der Waals surface area contributed by atoms with Gasteiger partial charge in [-0.2, -0.15) is 5.10 Å². The Bertz CT molecular complexity index is 1040. The maximum absolute atomic E-state index is 13.4. The molecule has 2 unspecified atom stereocenters. The van der Waals surface area contributed by atoms with Crippen LogP contribution in [0.5, 0.6) is 0 Å². The number of hydrazone groups is 1. The van der Waals surface area contributed by atoms with Gasteiger partial charge in [0.25, 0.3) is 5.91 Å². The van der Waals surface area contributed by atoms with Crippen molar-refractivity contribution in [1.29, 1.82) is 0 Å². The van der Waals surface area contributed by atoms with Crippen molar-refractivity contribution in [2.75, 3.05) is 0 Å². The fourth-order valence-corrected chi connectivity index (χ4v) is 4.44. The van der Waals surface area contributed by atoms with Gasteiger partial charge in [0, 0.05) is 18.8 Å². The number of amides is 1. The third-order valence-electron chi connectivity index (χ3n) is 6.21. The van der Waals surface area contributed by atoms with Crippen LogP contribution in [0.4, 0.5) is 4.39 Å². The van der Waals surface area contributed by atoms with E-state index in [1.54, 1.807) is 6.08 Å². The summed E-state index contributed by atoms with van der Waals surface area (Å²) in [6.07, 6.45) is 3.55. The Morgan fingerprint density at radius 2 is 1.88 bits per heavy atom. The number of aliphatic hydroxyl groups is 1. The number of ketones is 1. The molecule has 2 aliphatic carbocycles. The van der Waals surface area contributed by atoms with Gasteiger partial charge in [0.15, 0.2) is 11.2 Å². The molecule has 2 atom stereocenters. The summed E-state index contributed by atoms with van der Waals surface area (Å²) in [6, 6.07) is 5.43. The quantitative estimate of drug-likeness (QED) is 0.276. The topological polar surface area (TPSA) is 116 Å². The third kappa shape index (κ3) is 4.49. The molecule has 7 nitrogen and oxygen atoms in total. The number of aliphatic carboxylic acids is 1. The lowest BCUT2D eigenvalue weighted by molar-refractivity contribution is -0.158. The van der Waals surface area contributed by atoms with E-state index < -0.39 is 29.0 Å². The monoisotopic (exact) mass is 442 g/mol. The molecule has 0 aliphatic heterocycles. The number of halogens is 1. The summed E-state index contributed by atoms with van der Waals surface area (Å²) >= 11 is 0. The van der Waals surface area contributed by atoms with Gasteiger partial charge in [0.1, 0.15) is 11.6 Å². The van der Waals surface area contributed by atoms with E-state index >= 15 is 0 Å². The first-order valence-corrected chi connectivity index (χ1v) is 10.4. The number of hydrogen-bond donors (Lipinski definition) is 3. The van der Waals surface area contributed by atoms with Crippen LogP contribution < -0.4 is 5.43 Å². The maximum atomic E-state index is 13.4. The minimum absolute atomic E-state index is 0.00321. The molecule has 0 fully saturated rings. The van der Waals surface area contributed by atoms with E-state index in [-0.39, 0.29) is 35.4 Å². The number of nitrogens with one attached hydrogen (secondary N) is 1. The average molecular weight is 442 g/mol. The highest BCUT2D eigenvalue weighted by atomic mass is 19.1. The smallest absolute Gasteiger partial charge is 0.320 e. The summed E-state index contributed by atoms with van der Waals surface area (Å²) in [5.41, 5.74) is 1.49. The molecule has 1 amide bonds. The first kappa shape index (κ1) is 23.4. The van der Waals surface area contributed by atoms with Gasteiger partial charge in [-0.15, -0.1) is 0 Å². The van der Waals surface area contributed by atoms with E-state index in [4.69, 9.17) is 0 Å². The molecule has 3 rings (SSSR count). The summed E-state index contributed by atoms with van der Waals surface area (Å²) in [6.45, 7) is 5.58. The van der Waals surface area contributed by atoms with Crippen molar-refractivity contribution >= 4 is 23.9 Å². The first-order valence-electron chi connectivity index (χ1n) is 10.4. The maximum Gasteiger partial charge on any atom is 0.320 e. The number of carbonyl (C=O) groups is 3. The van der Waals surface area contributed by atoms with Crippen molar-refractivity contribution in [3.05, 3.63) is 58.6 Å². The number of aliphatic hydroxyl groups excluding tert-OH is 1. The van der Waals surface area contributed by atoms with E-state index in [0.29, 0.717) is 18.4 Å². The molecule has 170 valence electrons. The Balaban J connectivity index is 1.90. The number of hydrogen-bond acceptors (Lipinski definition) is 5. The normalized spacial score (nSPS) is 25.6. The lowest BCUT2D eigenvalue weighted by Gasteiger charge is -2.38. The van der Waals surface area contributed by atoms with Crippen molar-refractivity contribution < 1.29 is 29.0 Å². The zero-order valence-corrected chi connectivity index (χ0v) is 18.3. The number of Topliss-reactive ketones (excluding diaryl/α,β-unsaturated/α-hetero) is 1. The van der Waals surface area contributed by atoms with Crippen LogP contribution in [0, 0.1) is 16.6 Å². The summed E-state index contributed by atoms with van der Waals surface area (Å²) in [7, 11) is 0. The molecular formula is C24H27FN2O5.